The predicted molar refractivity (Wildman–Crippen MR) is 86.3 cm³/mol. The van der Waals surface area contributed by atoms with Crippen LogP contribution in [0.2, 0.25) is 0 Å². The second-order valence-corrected chi connectivity index (χ2v) is 5.97. The number of rotatable bonds is 6. The molecule has 0 spiro atoms. The van der Waals surface area contributed by atoms with E-state index in [1.807, 2.05) is 18.4 Å². The van der Waals surface area contributed by atoms with Gasteiger partial charge in [-0.15, -0.1) is 0 Å². The third kappa shape index (κ3) is 3.12. The topological polar surface area (TPSA) is 45.6 Å². The van der Waals surface area contributed by atoms with Crippen LogP contribution < -0.4 is 5.73 Å². The zero-order chi connectivity index (χ0) is 14.7. The first-order chi connectivity index (χ1) is 10.3. The van der Waals surface area contributed by atoms with Crippen LogP contribution in [0.25, 0.3) is 11.0 Å². The van der Waals surface area contributed by atoms with E-state index in [0.717, 1.165) is 18.7 Å². The molecule has 1 aliphatic heterocycles. The van der Waals surface area contributed by atoms with Gasteiger partial charge in [-0.3, -0.25) is 4.90 Å². The van der Waals surface area contributed by atoms with Gasteiger partial charge >= 0.3 is 0 Å². The smallest absolute Gasteiger partial charge is 0.134 e. The number of hydrogen-bond donors (Lipinski definition) is 1. The van der Waals surface area contributed by atoms with Crippen molar-refractivity contribution < 1.29 is 4.42 Å². The van der Waals surface area contributed by atoms with Crippen LogP contribution in [0.4, 0.5) is 0 Å². The molecule has 0 radical (unpaired) electrons. The van der Waals surface area contributed by atoms with Crippen molar-refractivity contribution in [2.75, 3.05) is 39.8 Å². The van der Waals surface area contributed by atoms with Gasteiger partial charge in [0, 0.05) is 30.6 Å². The summed E-state index contributed by atoms with van der Waals surface area (Å²) in [5.74, 6) is 0. The summed E-state index contributed by atoms with van der Waals surface area (Å²) >= 11 is 0. The molecule has 114 valence electrons. The van der Waals surface area contributed by atoms with Crippen molar-refractivity contribution in [2.45, 2.75) is 18.9 Å². The molecule has 2 aromatic rings. The first kappa shape index (κ1) is 14.6. The summed E-state index contributed by atoms with van der Waals surface area (Å²) in [6, 6.07) is 8.40. The van der Waals surface area contributed by atoms with E-state index in [2.05, 4.69) is 29.0 Å². The van der Waals surface area contributed by atoms with Gasteiger partial charge in [0.05, 0.1) is 12.3 Å². The minimum atomic E-state index is 0.219. The van der Waals surface area contributed by atoms with Crippen LogP contribution in [-0.4, -0.2) is 49.6 Å². The lowest BCUT2D eigenvalue weighted by molar-refractivity contribution is 0.209. The summed E-state index contributed by atoms with van der Waals surface area (Å²) in [7, 11) is 2.16. The molecule has 4 heteroatoms. The Morgan fingerprint density at radius 1 is 1.29 bits per heavy atom. The van der Waals surface area contributed by atoms with Gasteiger partial charge < -0.3 is 15.1 Å². The van der Waals surface area contributed by atoms with Crippen molar-refractivity contribution in [3.63, 3.8) is 0 Å². The molecule has 1 atom stereocenters. The number of benzene rings is 1. The zero-order valence-electron chi connectivity index (χ0n) is 12.8. The Bertz CT molecular complexity index is 574. The van der Waals surface area contributed by atoms with Crippen molar-refractivity contribution in [3.05, 3.63) is 36.1 Å². The third-order valence-corrected chi connectivity index (χ3v) is 4.59. The summed E-state index contributed by atoms with van der Waals surface area (Å²) in [6.45, 7) is 5.27. The third-order valence-electron chi connectivity index (χ3n) is 4.59. The molecule has 0 bridgehead atoms. The first-order valence-corrected chi connectivity index (χ1v) is 7.88. The maximum Gasteiger partial charge on any atom is 0.134 e. The van der Waals surface area contributed by atoms with Gasteiger partial charge in [0.25, 0.3) is 0 Å². The highest BCUT2D eigenvalue weighted by molar-refractivity contribution is 5.81. The fraction of sp³-hybridized carbons (Fsp3) is 0.529. The molecule has 2 N–H and O–H groups in total. The number of fused-ring (bicyclic) bond motifs is 1. The van der Waals surface area contributed by atoms with Crippen LogP contribution in [0, 0.1) is 0 Å². The lowest BCUT2D eigenvalue weighted by Crippen LogP contribution is -2.36. The average Bonchev–Trinajstić information content (AvgIpc) is 3.16. The predicted octanol–water partition coefficient (Wildman–Crippen LogP) is 2.46. The SMILES string of the molecule is CN(CCN1CCCC1)C(CN)c1coc2ccccc12. The Kier molecular flexibility index (Phi) is 4.58. The van der Waals surface area contributed by atoms with Crippen LogP contribution >= 0.6 is 0 Å². The van der Waals surface area contributed by atoms with Gasteiger partial charge in [0.15, 0.2) is 0 Å². The minimum Gasteiger partial charge on any atom is -0.464 e. The van der Waals surface area contributed by atoms with Crippen molar-refractivity contribution in [2.24, 2.45) is 5.73 Å². The Morgan fingerprint density at radius 2 is 2.05 bits per heavy atom. The summed E-state index contributed by atoms with van der Waals surface area (Å²) in [5, 5.41) is 1.18. The molecule has 1 aromatic heterocycles. The highest BCUT2D eigenvalue weighted by Gasteiger charge is 2.21. The highest BCUT2D eigenvalue weighted by atomic mass is 16.3. The van der Waals surface area contributed by atoms with Crippen LogP contribution in [0.3, 0.4) is 0 Å². The molecule has 1 aliphatic rings. The number of likely N-dealkylation sites (tertiary alicyclic amines) is 1. The normalized spacial score (nSPS) is 17.9. The van der Waals surface area contributed by atoms with Gasteiger partial charge in [-0.05, 0) is 39.0 Å². The molecule has 1 unspecified atom stereocenters. The Labute approximate surface area is 126 Å². The molecule has 0 saturated carbocycles. The Balaban J connectivity index is 1.71. The van der Waals surface area contributed by atoms with Crippen LogP contribution in [0.1, 0.15) is 24.4 Å². The van der Waals surface area contributed by atoms with Crippen molar-refractivity contribution >= 4 is 11.0 Å². The first-order valence-electron chi connectivity index (χ1n) is 7.88. The number of likely N-dealkylation sites (N-methyl/N-ethyl adjacent to an activating group) is 1. The standard InChI is InChI=1S/C17H25N3O/c1-19(10-11-20-8-4-5-9-20)16(12-18)15-13-21-17-7-3-2-6-14(15)17/h2-3,6-7,13,16H,4-5,8-12,18H2,1H3. The van der Waals surface area contributed by atoms with E-state index in [-0.39, 0.29) is 6.04 Å². The van der Waals surface area contributed by atoms with E-state index in [1.54, 1.807) is 0 Å². The molecule has 0 amide bonds. The summed E-state index contributed by atoms with van der Waals surface area (Å²) in [6.07, 6.45) is 4.56. The van der Waals surface area contributed by atoms with Crippen LogP contribution in [0.15, 0.2) is 34.9 Å². The van der Waals surface area contributed by atoms with E-state index < -0.39 is 0 Å². The van der Waals surface area contributed by atoms with E-state index in [1.165, 1.54) is 36.9 Å². The summed E-state index contributed by atoms with van der Waals surface area (Å²) in [5.41, 5.74) is 8.19. The second kappa shape index (κ2) is 6.60. The molecule has 4 nitrogen and oxygen atoms in total. The van der Waals surface area contributed by atoms with Gasteiger partial charge in [0.2, 0.25) is 0 Å². The molecule has 1 saturated heterocycles. The van der Waals surface area contributed by atoms with Crippen molar-refractivity contribution in [3.8, 4) is 0 Å². The maximum atomic E-state index is 6.04. The van der Waals surface area contributed by atoms with Crippen LogP contribution in [-0.2, 0) is 0 Å². The molecule has 1 aromatic carbocycles. The number of furan rings is 1. The molecule has 0 aliphatic carbocycles. The van der Waals surface area contributed by atoms with Crippen molar-refractivity contribution in [1.82, 2.24) is 9.80 Å². The van der Waals surface area contributed by atoms with Gasteiger partial charge in [0.1, 0.15) is 5.58 Å². The Morgan fingerprint density at radius 3 is 2.81 bits per heavy atom. The molecular weight excluding hydrogens is 262 g/mol. The minimum absolute atomic E-state index is 0.219. The highest BCUT2D eigenvalue weighted by Crippen LogP contribution is 2.28. The fourth-order valence-corrected chi connectivity index (χ4v) is 3.26. The quantitative estimate of drug-likeness (QED) is 0.886. The van der Waals surface area contributed by atoms with Gasteiger partial charge in [-0.2, -0.15) is 0 Å². The number of nitrogens with two attached hydrogens (primary N) is 1. The fourth-order valence-electron chi connectivity index (χ4n) is 3.26. The van der Waals surface area contributed by atoms with Crippen molar-refractivity contribution in [1.29, 1.82) is 0 Å². The molecule has 21 heavy (non-hydrogen) atoms. The maximum absolute atomic E-state index is 6.04. The second-order valence-electron chi connectivity index (χ2n) is 5.97. The average molecular weight is 287 g/mol. The molecule has 3 rings (SSSR count). The van der Waals surface area contributed by atoms with Crippen LogP contribution in [0.5, 0.6) is 0 Å². The van der Waals surface area contributed by atoms with Gasteiger partial charge in [-0.1, -0.05) is 18.2 Å². The number of hydrogen-bond acceptors (Lipinski definition) is 4. The Hall–Kier alpha value is -1.36. The zero-order valence-corrected chi connectivity index (χ0v) is 12.8. The monoisotopic (exact) mass is 287 g/mol. The largest absolute Gasteiger partial charge is 0.464 e. The molecule has 1 fully saturated rings. The molecule has 2 heterocycles. The number of para-hydroxylation sites is 1. The van der Waals surface area contributed by atoms with E-state index in [0.29, 0.717) is 6.54 Å². The number of nitrogens with zero attached hydrogens (tertiary/aromatic N) is 2. The lowest BCUT2D eigenvalue weighted by Gasteiger charge is -2.28. The van der Waals surface area contributed by atoms with Gasteiger partial charge in [-0.25, -0.2) is 0 Å². The van der Waals surface area contributed by atoms with E-state index in [9.17, 15) is 0 Å². The lowest BCUT2D eigenvalue weighted by atomic mass is 10.0. The summed E-state index contributed by atoms with van der Waals surface area (Å²) in [4.78, 5) is 4.90. The van der Waals surface area contributed by atoms with E-state index in [4.69, 9.17) is 10.2 Å². The summed E-state index contributed by atoms with van der Waals surface area (Å²) < 4.78 is 5.67. The van der Waals surface area contributed by atoms with E-state index >= 15 is 0 Å². The molecular formula is C17H25N3O.